The minimum atomic E-state index is -3.79. The molecule has 1 aromatic rings. The molecular formula is C8H13N3O3S. The van der Waals surface area contributed by atoms with E-state index in [1.54, 1.807) is 6.92 Å². The summed E-state index contributed by atoms with van der Waals surface area (Å²) in [5, 5.41) is 16.7. The Morgan fingerprint density at radius 1 is 1.67 bits per heavy atom. The van der Waals surface area contributed by atoms with E-state index >= 15 is 0 Å². The van der Waals surface area contributed by atoms with Gasteiger partial charge in [-0.15, -0.1) is 0 Å². The Balaban J connectivity index is 2.98. The summed E-state index contributed by atoms with van der Waals surface area (Å²) in [6.45, 7) is 1.78. The van der Waals surface area contributed by atoms with E-state index in [4.69, 9.17) is 10.2 Å². The van der Waals surface area contributed by atoms with Crippen LogP contribution in [0.5, 0.6) is 0 Å². The lowest BCUT2D eigenvalue weighted by Gasteiger charge is -2.10. The number of aromatic nitrogens is 1. The van der Waals surface area contributed by atoms with Crippen LogP contribution < -0.4 is 10.5 Å². The molecule has 0 saturated heterocycles. The largest absolute Gasteiger partial charge is 0.392 e. The number of aliphatic hydroxyl groups excluding tert-OH is 1. The second-order valence-electron chi connectivity index (χ2n) is 3.13. The van der Waals surface area contributed by atoms with Crippen LogP contribution in [0.1, 0.15) is 6.92 Å². The number of sulfonamides is 1. The van der Waals surface area contributed by atoms with Gasteiger partial charge in [0.15, 0.2) is 0 Å². The zero-order valence-electron chi connectivity index (χ0n) is 8.21. The highest BCUT2D eigenvalue weighted by atomic mass is 32.2. The normalized spacial score (nSPS) is 13.5. The van der Waals surface area contributed by atoms with Gasteiger partial charge in [0.1, 0.15) is 10.7 Å². The lowest BCUT2D eigenvalue weighted by Crippen LogP contribution is -2.20. The molecule has 15 heavy (non-hydrogen) atoms. The minimum absolute atomic E-state index is 0.0781. The van der Waals surface area contributed by atoms with Crippen LogP contribution in [0.4, 0.5) is 5.82 Å². The Morgan fingerprint density at radius 2 is 2.33 bits per heavy atom. The maximum absolute atomic E-state index is 11.1. The van der Waals surface area contributed by atoms with E-state index in [1.165, 1.54) is 18.3 Å². The minimum Gasteiger partial charge on any atom is -0.392 e. The van der Waals surface area contributed by atoms with Gasteiger partial charge in [0.05, 0.1) is 6.10 Å². The summed E-state index contributed by atoms with van der Waals surface area (Å²) in [7, 11) is -3.79. The van der Waals surface area contributed by atoms with Crippen LogP contribution in [0.2, 0.25) is 0 Å². The van der Waals surface area contributed by atoms with Gasteiger partial charge in [-0.2, -0.15) is 0 Å². The van der Waals surface area contributed by atoms with Crippen molar-refractivity contribution in [3.63, 3.8) is 0 Å². The van der Waals surface area contributed by atoms with Gasteiger partial charge in [0.2, 0.25) is 10.0 Å². The average molecular weight is 231 g/mol. The van der Waals surface area contributed by atoms with Gasteiger partial charge in [-0.1, -0.05) is 0 Å². The van der Waals surface area contributed by atoms with Gasteiger partial charge in [0.25, 0.3) is 0 Å². The van der Waals surface area contributed by atoms with Crippen molar-refractivity contribution in [1.82, 2.24) is 4.98 Å². The predicted molar refractivity (Wildman–Crippen MR) is 55.8 cm³/mol. The Hall–Kier alpha value is -1.18. The molecular weight excluding hydrogens is 218 g/mol. The van der Waals surface area contributed by atoms with Crippen molar-refractivity contribution in [2.24, 2.45) is 5.14 Å². The molecule has 1 heterocycles. The van der Waals surface area contributed by atoms with Gasteiger partial charge in [-0.25, -0.2) is 18.5 Å². The molecule has 6 nitrogen and oxygen atoms in total. The summed E-state index contributed by atoms with van der Waals surface area (Å²) in [5.74, 6) is 0.154. The molecule has 0 aliphatic rings. The molecule has 0 fully saturated rings. The van der Waals surface area contributed by atoms with Crippen molar-refractivity contribution >= 4 is 15.8 Å². The summed E-state index contributed by atoms with van der Waals surface area (Å²) in [4.78, 5) is 3.76. The van der Waals surface area contributed by atoms with Gasteiger partial charge in [0, 0.05) is 12.7 Å². The third-order valence-electron chi connectivity index (χ3n) is 1.64. The van der Waals surface area contributed by atoms with Crippen LogP contribution in [0.15, 0.2) is 23.2 Å². The highest BCUT2D eigenvalue weighted by molar-refractivity contribution is 7.89. The fourth-order valence-electron chi connectivity index (χ4n) is 0.997. The summed E-state index contributed by atoms with van der Waals surface area (Å²) in [5.41, 5.74) is 0. The number of primary sulfonamides is 1. The predicted octanol–water partition coefficient (Wildman–Crippen LogP) is -0.478. The molecule has 0 bridgehead atoms. The van der Waals surface area contributed by atoms with Crippen molar-refractivity contribution in [2.75, 3.05) is 11.9 Å². The number of nitrogens with one attached hydrogen (secondary N) is 1. The zero-order chi connectivity index (χ0) is 11.5. The first-order valence-electron chi connectivity index (χ1n) is 4.31. The SMILES string of the molecule is CC(O)CNc1ncccc1S(N)(=O)=O. The van der Waals surface area contributed by atoms with Crippen molar-refractivity contribution in [2.45, 2.75) is 17.9 Å². The second-order valence-corrected chi connectivity index (χ2v) is 4.65. The summed E-state index contributed by atoms with van der Waals surface area (Å²) >= 11 is 0. The molecule has 0 aromatic carbocycles. The molecule has 0 amide bonds. The quantitative estimate of drug-likeness (QED) is 0.649. The fourth-order valence-corrected chi connectivity index (χ4v) is 1.66. The Labute approximate surface area is 88.2 Å². The number of aliphatic hydroxyl groups is 1. The maximum Gasteiger partial charge on any atom is 0.241 e. The van der Waals surface area contributed by atoms with Crippen LogP contribution in [0.25, 0.3) is 0 Å². The van der Waals surface area contributed by atoms with Crippen molar-refractivity contribution in [3.05, 3.63) is 18.3 Å². The maximum atomic E-state index is 11.1. The first-order chi connectivity index (χ1) is 6.91. The second kappa shape index (κ2) is 4.56. The monoisotopic (exact) mass is 231 g/mol. The molecule has 7 heteroatoms. The van der Waals surface area contributed by atoms with E-state index < -0.39 is 16.1 Å². The molecule has 84 valence electrons. The first kappa shape index (κ1) is 11.9. The fraction of sp³-hybridized carbons (Fsp3) is 0.375. The van der Waals surface area contributed by atoms with Crippen molar-refractivity contribution in [3.8, 4) is 0 Å². The van der Waals surface area contributed by atoms with Gasteiger partial charge in [-0.05, 0) is 19.1 Å². The Kier molecular flexibility index (Phi) is 3.61. The van der Waals surface area contributed by atoms with E-state index in [0.29, 0.717) is 0 Å². The number of hydrogen-bond acceptors (Lipinski definition) is 5. The molecule has 1 rings (SSSR count). The summed E-state index contributed by atoms with van der Waals surface area (Å²) in [6.07, 6.45) is 0.847. The van der Waals surface area contributed by atoms with Crippen LogP contribution in [0.3, 0.4) is 0 Å². The highest BCUT2D eigenvalue weighted by Gasteiger charge is 2.14. The smallest absolute Gasteiger partial charge is 0.241 e. The van der Waals surface area contributed by atoms with Gasteiger partial charge in [-0.3, -0.25) is 0 Å². The molecule has 0 radical (unpaired) electrons. The molecule has 0 aliphatic carbocycles. The Morgan fingerprint density at radius 3 is 2.87 bits per heavy atom. The molecule has 1 aromatic heterocycles. The van der Waals surface area contributed by atoms with E-state index in [1.807, 2.05) is 0 Å². The third-order valence-corrected chi connectivity index (χ3v) is 2.58. The van der Waals surface area contributed by atoms with Gasteiger partial charge >= 0.3 is 0 Å². The molecule has 1 unspecified atom stereocenters. The number of nitrogens with zero attached hydrogens (tertiary/aromatic N) is 1. The first-order valence-corrected chi connectivity index (χ1v) is 5.85. The lowest BCUT2D eigenvalue weighted by atomic mass is 10.4. The standard InChI is InChI=1S/C8H13N3O3S/c1-6(12)5-11-8-7(15(9,13)14)3-2-4-10-8/h2-4,6,12H,5H2,1H3,(H,10,11)(H2,9,13,14). The summed E-state index contributed by atoms with van der Waals surface area (Å²) in [6, 6.07) is 2.83. The summed E-state index contributed by atoms with van der Waals surface area (Å²) < 4.78 is 22.3. The molecule has 4 N–H and O–H groups in total. The van der Waals surface area contributed by atoms with Crippen LogP contribution in [-0.4, -0.2) is 31.2 Å². The topological polar surface area (TPSA) is 105 Å². The lowest BCUT2D eigenvalue weighted by molar-refractivity contribution is 0.208. The zero-order valence-corrected chi connectivity index (χ0v) is 9.03. The van der Waals surface area contributed by atoms with Crippen LogP contribution >= 0.6 is 0 Å². The molecule has 0 aliphatic heterocycles. The van der Waals surface area contributed by atoms with E-state index in [2.05, 4.69) is 10.3 Å². The number of pyridine rings is 1. The van der Waals surface area contributed by atoms with Crippen LogP contribution in [-0.2, 0) is 10.0 Å². The van der Waals surface area contributed by atoms with Crippen LogP contribution in [0, 0.1) is 0 Å². The van der Waals surface area contributed by atoms with E-state index in [9.17, 15) is 8.42 Å². The number of nitrogens with two attached hydrogens (primary N) is 1. The molecule has 0 spiro atoms. The van der Waals surface area contributed by atoms with Crippen molar-refractivity contribution < 1.29 is 13.5 Å². The molecule has 1 atom stereocenters. The number of anilines is 1. The highest BCUT2D eigenvalue weighted by Crippen LogP contribution is 2.15. The van der Waals surface area contributed by atoms with Crippen molar-refractivity contribution in [1.29, 1.82) is 0 Å². The number of hydrogen-bond donors (Lipinski definition) is 3. The van der Waals surface area contributed by atoms with E-state index in [0.717, 1.165) is 0 Å². The van der Waals surface area contributed by atoms with E-state index in [-0.39, 0.29) is 17.3 Å². The molecule has 0 saturated carbocycles. The number of rotatable bonds is 4. The Bertz CT molecular complexity index is 431. The van der Waals surface area contributed by atoms with Gasteiger partial charge < -0.3 is 10.4 Å². The third kappa shape index (κ3) is 3.46. The average Bonchev–Trinajstić information content (AvgIpc) is 2.13.